The SMILES string of the molecule is CCC(=O)C(CCC=O)C(C)=O. The van der Waals surface area contributed by atoms with Gasteiger partial charge in [-0.2, -0.15) is 0 Å². The molecule has 3 heteroatoms. The molecule has 0 amide bonds. The van der Waals surface area contributed by atoms with Crippen molar-refractivity contribution in [3.8, 4) is 0 Å². The van der Waals surface area contributed by atoms with Gasteiger partial charge in [0, 0.05) is 12.8 Å². The van der Waals surface area contributed by atoms with Crippen LogP contribution >= 0.6 is 0 Å². The molecular formula is C9H14O3. The highest BCUT2D eigenvalue weighted by molar-refractivity contribution is 6.01. The molecule has 1 unspecified atom stereocenters. The summed E-state index contributed by atoms with van der Waals surface area (Å²) in [5.74, 6) is -0.756. The molecule has 0 aliphatic carbocycles. The minimum absolute atomic E-state index is 0.0654. The average molecular weight is 170 g/mol. The molecule has 0 aliphatic heterocycles. The van der Waals surface area contributed by atoms with Gasteiger partial charge in [0.05, 0.1) is 5.92 Å². The summed E-state index contributed by atoms with van der Waals surface area (Å²) in [5.41, 5.74) is 0. The molecule has 0 aromatic carbocycles. The largest absolute Gasteiger partial charge is 0.303 e. The first kappa shape index (κ1) is 11.0. The van der Waals surface area contributed by atoms with Crippen molar-refractivity contribution in [1.29, 1.82) is 0 Å². The van der Waals surface area contributed by atoms with Gasteiger partial charge in [0.2, 0.25) is 0 Å². The first-order valence-electron chi connectivity index (χ1n) is 4.10. The van der Waals surface area contributed by atoms with E-state index in [0.717, 1.165) is 6.29 Å². The van der Waals surface area contributed by atoms with Crippen molar-refractivity contribution in [3.63, 3.8) is 0 Å². The number of carbonyl (C=O) groups is 3. The highest BCUT2D eigenvalue weighted by atomic mass is 16.1. The minimum Gasteiger partial charge on any atom is -0.303 e. The second-order valence-electron chi connectivity index (χ2n) is 2.73. The molecule has 0 aromatic rings. The minimum atomic E-state index is -0.555. The summed E-state index contributed by atoms with van der Waals surface area (Å²) in [6.45, 7) is 3.11. The summed E-state index contributed by atoms with van der Waals surface area (Å²) in [7, 11) is 0. The molecule has 0 saturated carbocycles. The Labute approximate surface area is 72.1 Å². The van der Waals surface area contributed by atoms with Crippen molar-refractivity contribution in [2.75, 3.05) is 0 Å². The maximum Gasteiger partial charge on any atom is 0.143 e. The molecule has 1 atom stereocenters. The molecule has 0 fully saturated rings. The van der Waals surface area contributed by atoms with Gasteiger partial charge in [-0.15, -0.1) is 0 Å². The van der Waals surface area contributed by atoms with E-state index in [1.807, 2.05) is 0 Å². The highest BCUT2D eigenvalue weighted by Gasteiger charge is 2.20. The number of ketones is 2. The van der Waals surface area contributed by atoms with Crippen LogP contribution in [-0.4, -0.2) is 17.9 Å². The maximum atomic E-state index is 11.1. The average Bonchev–Trinajstić information content (AvgIpc) is 2.04. The maximum absolute atomic E-state index is 11.1. The van der Waals surface area contributed by atoms with Crippen LogP contribution in [0.2, 0.25) is 0 Å². The standard InChI is InChI=1S/C9H14O3/c1-3-9(12)8(7(2)11)5-4-6-10/h6,8H,3-5H2,1-2H3. The number of aldehydes is 1. The van der Waals surface area contributed by atoms with Crippen LogP contribution in [0, 0.1) is 5.92 Å². The zero-order chi connectivity index (χ0) is 9.56. The third-order valence-electron chi connectivity index (χ3n) is 1.80. The molecule has 0 aromatic heterocycles. The van der Waals surface area contributed by atoms with Crippen molar-refractivity contribution in [2.24, 2.45) is 5.92 Å². The first-order valence-corrected chi connectivity index (χ1v) is 4.10. The lowest BCUT2D eigenvalue weighted by atomic mass is 9.93. The van der Waals surface area contributed by atoms with Gasteiger partial charge in [0.25, 0.3) is 0 Å². The highest BCUT2D eigenvalue weighted by Crippen LogP contribution is 2.10. The fourth-order valence-corrected chi connectivity index (χ4v) is 1.07. The zero-order valence-corrected chi connectivity index (χ0v) is 7.50. The molecular weight excluding hydrogens is 156 g/mol. The number of hydrogen-bond acceptors (Lipinski definition) is 3. The molecule has 0 bridgehead atoms. The van der Waals surface area contributed by atoms with Crippen molar-refractivity contribution in [3.05, 3.63) is 0 Å². The Morgan fingerprint density at radius 2 is 2.00 bits per heavy atom. The van der Waals surface area contributed by atoms with E-state index >= 15 is 0 Å². The Morgan fingerprint density at radius 1 is 1.42 bits per heavy atom. The van der Waals surface area contributed by atoms with Gasteiger partial charge in [0.1, 0.15) is 17.9 Å². The summed E-state index contributed by atoms with van der Waals surface area (Å²) in [6.07, 6.45) is 1.75. The van der Waals surface area contributed by atoms with Gasteiger partial charge >= 0.3 is 0 Å². The van der Waals surface area contributed by atoms with E-state index in [1.165, 1.54) is 6.92 Å². The summed E-state index contributed by atoms with van der Waals surface area (Å²) >= 11 is 0. The fourth-order valence-electron chi connectivity index (χ4n) is 1.07. The Bertz CT molecular complexity index is 184. The summed E-state index contributed by atoms with van der Waals surface area (Å²) in [5, 5.41) is 0. The van der Waals surface area contributed by atoms with Gasteiger partial charge < -0.3 is 4.79 Å². The van der Waals surface area contributed by atoms with Crippen molar-refractivity contribution in [1.82, 2.24) is 0 Å². The van der Waals surface area contributed by atoms with E-state index in [9.17, 15) is 14.4 Å². The smallest absolute Gasteiger partial charge is 0.143 e. The molecule has 0 aliphatic rings. The summed E-state index contributed by atoms with van der Waals surface area (Å²) in [6, 6.07) is 0. The van der Waals surface area contributed by atoms with Crippen molar-refractivity contribution in [2.45, 2.75) is 33.1 Å². The Hall–Kier alpha value is -0.990. The normalized spacial score (nSPS) is 12.2. The molecule has 0 N–H and O–H groups in total. The molecule has 0 saturated heterocycles. The van der Waals surface area contributed by atoms with E-state index in [1.54, 1.807) is 6.92 Å². The lowest BCUT2D eigenvalue weighted by molar-refractivity contribution is -0.131. The predicted octanol–water partition coefficient (Wildman–Crippen LogP) is 1.15. The van der Waals surface area contributed by atoms with Gasteiger partial charge in [0.15, 0.2) is 0 Å². The van der Waals surface area contributed by atoms with Crippen LogP contribution in [0.1, 0.15) is 33.1 Å². The third kappa shape index (κ3) is 3.42. The predicted molar refractivity (Wildman–Crippen MR) is 44.8 cm³/mol. The quantitative estimate of drug-likeness (QED) is 0.444. The first-order chi connectivity index (χ1) is 5.63. The van der Waals surface area contributed by atoms with E-state index in [0.29, 0.717) is 12.8 Å². The Morgan fingerprint density at radius 3 is 2.33 bits per heavy atom. The Kier molecular flexibility index (Phi) is 5.17. The van der Waals surface area contributed by atoms with Gasteiger partial charge in [-0.1, -0.05) is 6.92 Å². The lowest BCUT2D eigenvalue weighted by Crippen LogP contribution is -2.21. The Balaban J connectivity index is 4.12. The lowest BCUT2D eigenvalue weighted by Gasteiger charge is -2.08. The van der Waals surface area contributed by atoms with Crippen LogP contribution < -0.4 is 0 Å². The van der Waals surface area contributed by atoms with Gasteiger partial charge in [-0.05, 0) is 13.3 Å². The molecule has 0 radical (unpaired) electrons. The van der Waals surface area contributed by atoms with Crippen LogP contribution in [0.5, 0.6) is 0 Å². The van der Waals surface area contributed by atoms with E-state index < -0.39 is 5.92 Å². The fraction of sp³-hybridized carbons (Fsp3) is 0.667. The molecule has 3 nitrogen and oxygen atoms in total. The van der Waals surface area contributed by atoms with Gasteiger partial charge in [-0.3, -0.25) is 9.59 Å². The van der Waals surface area contributed by atoms with Crippen LogP contribution in [-0.2, 0) is 14.4 Å². The number of hydrogen-bond donors (Lipinski definition) is 0. The third-order valence-corrected chi connectivity index (χ3v) is 1.80. The van der Waals surface area contributed by atoms with Crippen molar-refractivity contribution < 1.29 is 14.4 Å². The van der Waals surface area contributed by atoms with Crippen LogP contribution in [0.15, 0.2) is 0 Å². The second kappa shape index (κ2) is 5.63. The topological polar surface area (TPSA) is 51.2 Å². The van der Waals surface area contributed by atoms with E-state index in [2.05, 4.69) is 0 Å². The van der Waals surface area contributed by atoms with Gasteiger partial charge in [-0.25, -0.2) is 0 Å². The summed E-state index contributed by atoms with van der Waals surface area (Å²) < 4.78 is 0. The van der Waals surface area contributed by atoms with E-state index in [4.69, 9.17) is 0 Å². The summed E-state index contributed by atoms with van der Waals surface area (Å²) in [4.78, 5) is 32.1. The molecule has 0 heterocycles. The van der Waals surface area contributed by atoms with Crippen LogP contribution in [0.4, 0.5) is 0 Å². The number of Topliss-reactive ketones (excluding diaryl/α,β-unsaturated/α-hetero) is 2. The molecule has 12 heavy (non-hydrogen) atoms. The number of rotatable bonds is 6. The molecule has 68 valence electrons. The van der Waals surface area contributed by atoms with Crippen molar-refractivity contribution >= 4 is 17.9 Å². The van der Waals surface area contributed by atoms with E-state index in [-0.39, 0.29) is 18.0 Å². The molecule has 0 rings (SSSR count). The van der Waals surface area contributed by atoms with Crippen LogP contribution in [0.3, 0.4) is 0 Å². The number of carbonyl (C=O) groups excluding carboxylic acids is 3. The second-order valence-corrected chi connectivity index (χ2v) is 2.73. The zero-order valence-electron chi connectivity index (χ0n) is 7.50. The monoisotopic (exact) mass is 170 g/mol. The molecule has 0 spiro atoms. The van der Waals surface area contributed by atoms with Crippen LogP contribution in [0.25, 0.3) is 0 Å².